The molecule has 1 aromatic carbocycles. The number of hydrogen-bond donors (Lipinski definition) is 1. The molecule has 0 saturated heterocycles. The maximum atomic E-state index is 5.79. The Morgan fingerprint density at radius 2 is 1.54 bits per heavy atom. The third-order valence-corrected chi connectivity index (χ3v) is 1.67. The molecule has 13 heavy (non-hydrogen) atoms. The minimum Gasteiger partial charge on any atom is -0.324 e. The molecule has 0 aliphatic rings. The van der Waals surface area contributed by atoms with E-state index in [0.717, 1.165) is 6.42 Å². The standard InChI is InChI=1S/C9H13N.C3H8/c1-2-9(10)8-6-4-3-5-7-8;1-3-2/h3-7,9H,2,10H2,1H3;3H2,1-2H3. The summed E-state index contributed by atoms with van der Waals surface area (Å²) in [6.07, 6.45) is 2.25. The summed E-state index contributed by atoms with van der Waals surface area (Å²) in [5.41, 5.74) is 7.02. The van der Waals surface area contributed by atoms with Crippen molar-refractivity contribution in [3.8, 4) is 0 Å². The highest BCUT2D eigenvalue weighted by Crippen LogP contribution is 2.11. The summed E-state index contributed by atoms with van der Waals surface area (Å²) in [5, 5.41) is 0. The van der Waals surface area contributed by atoms with Gasteiger partial charge in [0.25, 0.3) is 0 Å². The predicted molar refractivity (Wildman–Crippen MR) is 59.6 cm³/mol. The van der Waals surface area contributed by atoms with Crippen LogP contribution in [0, 0.1) is 0 Å². The first-order valence-corrected chi connectivity index (χ1v) is 5.06. The molecule has 0 aliphatic carbocycles. The monoisotopic (exact) mass is 179 g/mol. The lowest BCUT2D eigenvalue weighted by Crippen LogP contribution is -2.07. The second kappa shape index (κ2) is 7.81. The lowest BCUT2D eigenvalue weighted by molar-refractivity contribution is 0.699. The fraction of sp³-hybridized carbons (Fsp3) is 0.500. The minimum absolute atomic E-state index is 0.209. The second-order valence-electron chi connectivity index (χ2n) is 3.13. The van der Waals surface area contributed by atoms with Crippen molar-refractivity contribution in [1.82, 2.24) is 0 Å². The first kappa shape index (κ1) is 12.2. The van der Waals surface area contributed by atoms with Gasteiger partial charge in [0.05, 0.1) is 0 Å². The summed E-state index contributed by atoms with van der Waals surface area (Å²) < 4.78 is 0. The Labute approximate surface area is 82.0 Å². The quantitative estimate of drug-likeness (QED) is 0.738. The summed E-state index contributed by atoms with van der Waals surface area (Å²) in [5.74, 6) is 0. The zero-order valence-corrected chi connectivity index (χ0v) is 8.96. The molecule has 0 bridgehead atoms. The Balaban J connectivity index is 0.000000424. The van der Waals surface area contributed by atoms with Gasteiger partial charge in [-0.25, -0.2) is 0 Å². The van der Waals surface area contributed by atoms with Crippen molar-refractivity contribution in [3.63, 3.8) is 0 Å². The van der Waals surface area contributed by atoms with Crippen molar-refractivity contribution in [2.75, 3.05) is 0 Å². The van der Waals surface area contributed by atoms with E-state index in [2.05, 4.69) is 32.9 Å². The summed E-state index contributed by atoms with van der Waals surface area (Å²) >= 11 is 0. The molecule has 0 amide bonds. The van der Waals surface area contributed by atoms with Crippen molar-refractivity contribution >= 4 is 0 Å². The molecule has 1 unspecified atom stereocenters. The van der Waals surface area contributed by atoms with Gasteiger partial charge in [-0.1, -0.05) is 57.5 Å². The highest BCUT2D eigenvalue weighted by Gasteiger charge is 1.99. The van der Waals surface area contributed by atoms with Gasteiger partial charge in [-0.3, -0.25) is 0 Å². The highest BCUT2D eigenvalue weighted by molar-refractivity contribution is 5.17. The largest absolute Gasteiger partial charge is 0.324 e. The van der Waals surface area contributed by atoms with Crippen molar-refractivity contribution in [2.24, 2.45) is 5.73 Å². The molecule has 74 valence electrons. The molecule has 1 heteroatoms. The Morgan fingerprint density at radius 3 is 1.92 bits per heavy atom. The van der Waals surface area contributed by atoms with Crippen molar-refractivity contribution in [2.45, 2.75) is 39.7 Å². The van der Waals surface area contributed by atoms with Gasteiger partial charge in [0, 0.05) is 6.04 Å². The lowest BCUT2D eigenvalue weighted by atomic mass is 10.1. The maximum absolute atomic E-state index is 5.79. The molecule has 0 heterocycles. The normalized spacial score (nSPS) is 11.4. The number of rotatable bonds is 2. The summed E-state index contributed by atoms with van der Waals surface area (Å²) in [6, 6.07) is 10.4. The van der Waals surface area contributed by atoms with Crippen LogP contribution in [0.25, 0.3) is 0 Å². The van der Waals surface area contributed by atoms with E-state index in [0.29, 0.717) is 0 Å². The SMILES string of the molecule is CCC.CCC(N)c1ccccc1. The lowest BCUT2D eigenvalue weighted by Gasteiger charge is -2.06. The van der Waals surface area contributed by atoms with Gasteiger partial charge in [-0.2, -0.15) is 0 Å². The second-order valence-corrected chi connectivity index (χ2v) is 3.13. The van der Waals surface area contributed by atoms with E-state index >= 15 is 0 Å². The van der Waals surface area contributed by atoms with Gasteiger partial charge >= 0.3 is 0 Å². The Hall–Kier alpha value is -0.820. The van der Waals surface area contributed by atoms with E-state index < -0.39 is 0 Å². The number of hydrogen-bond acceptors (Lipinski definition) is 1. The van der Waals surface area contributed by atoms with Gasteiger partial charge < -0.3 is 5.73 Å². The van der Waals surface area contributed by atoms with Crippen LogP contribution in [0.4, 0.5) is 0 Å². The smallest absolute Gasteiger partial charge is 0.0292 e. The van der Waals surface area contributed by atoms with Crippen LogP contribution >= 0.6 is 0 Å². The van der Waals surface area contributed by atoms with E-state index in [4.69, 9.17) is 5.73 Å². The first-order chi connectivity index (χ1) is 6.26. The van der Waals surface area contributed by atoms with E-state index in [-0.39, 0.29) is 6.04 Å². The van der Waals surface area contributed by atoms with Crippen LogP contribution < -0.4 is 5.73 Å². The average molecular weight is 179 g/mol. The molecule has 0 saturated carbocycles. The van der Waals surface area contributed by atoms with Crippen LogP contribution in [0.1, 0.15) is 45.2 Å². The molecule has 1 aromatic rings. The third-order valence-electron chi connectivity index (χ3n) is 1.67. The van der Waals surface area contributed by atoms with E-state index in [9.17, 15) is 0 Å². The van der Waals surface area contributed by atoms with Gasteiger partial charge in [0.15, 0.2) is 0 Å². The fourth-order valence-corrected chi connectivity index (χ4v) is 0.936. The molecule has 0 radical (unpaired) electrons. The summed E-state index contributed by atoms with van der Waals surface area (Å²) in [7, 11) is 0. The Morgan fingerprint density at radius 1 is 1.08 bits per heavy atom. The molecule has 0 aromatic heterocycles. The maximum Gasteiger partial charge on any atom is 0.0292 e. The predicted octanol–water partition coefficient (Wildman–Crippen LogP) is 3.51. The molecule has 2 N–H and O–H groups in total. The highest BCUT2D eigenvalue weighted by atomic mass is 14.6. The zero-order chi connectivity index (χ0) is 10.1. The molecule has 0 aliphatic heterocycles. The Kier molecular flexibility index (Phi) is 7.32. The molecule has 0 fully saturated rings. The van der Waals surface area contributed by atoms with Crippen LogP contribution in [-0.4, -0.2) is 0 Å². The summed E-state index contributed by atoms with van der Waals surface area (Å²) in [6.45, 7) is 6.34. The average Bonchev–Trinajstić information content (AvgIpc) is 2.19. The van der Waals surface area contributed by atoms with Crippen LogP contribution in [0.2, 0.25) is 0 Å². The van der Waals surface area contributed by atoms with E-state index in [1.165, 1.54) is 12.0 Å². The molecular formula is C12H21N. The first-order valence-electron chi connectivity index (χ1n) is 5.06. The number of nitrogens with two attached hydrogens (primary N) is 1. The molecule has 1 atom stereocenters. The van der Waals surface area contributed by atoms with Crippen LogP contribution in [0.3, 0.4) is 0 Å². The topological polar surface area (TPSA) is 26.0 Å². The summed E-state index contributed by atoms with van der Waals surface area (Å²) in [4.78, 5) is 0. The third kappa shape index (κ3) is 5.42. The molecular weight excluding hydrogens is 158 g/mol. The number of benzene rings is 1. The van der Waals surface area contributed by atoms with Gasteiger partial charge in [0.2, 0.25) is 0 Å². The Bertz CT molecular complexity index is 194. The minimum atomic E-state index is 0.209. The zero-order valence-electron chi connectivity index (χ0n) is 8.96. The van der Waals surface area contributed by atoms with E-state index in [1.54, 1.807) is 0 Å². The van der Waals surface area contributed by atoms with Gasteiger partial charge in [-0.05, 0) is 12.0 Å². The van der Waals surface area contributed by atoms with Crippen LogP contribution in [0.15, 0.2) is 30.3 Å². The van der Waals surface area contributed by atoms with Crippen LogP contribution in [-0.2, 0) is 0 Å². The van der Waals surface area contributed by atoms with Crippen molar-refractivity contribution in [1.29, 1.82) is 0 Å². The van der Waals surface area contributed by atoms with Crippen LogP contribution in [0.5, 0.6) is 0 Å². The molecule has 0 spiro atoms. The molecule has 1 rings (SSSR count). The van der Waals surface area contributed by atoms with Gasteiger partial charge in [-0.15, -0.1) is 0 Å². The molecule has 1 nitrogen and oxygen atoms in total. The van der Waals surface area contributed by atoms with Crippen molar-refractivity contribution in [3.05, 3.63) is 35.9 Å². The van der Waals surface area contributed by atoms with E-state index in [1.807, 2.05) is 18.2 Å². The fourth-order valence-electron chi connectivity index (χ4n) is 0.936. The van der Waals surface area contributed by atoms with Gasteiger partial charge in [0.1, 0.15) is 0 Å². The van der Waals surface area contributed by atoms with Crippen molar-refractivity contribution < 1.29 is 0 Å².